The van der Waals surface area contributed by atoms with Crippen LogP contribution in [0.25, 0.3) is 0 Å². The van der Waals surface area contributed by atoms with Crippen molar-refractivity contribution in [2.45, 2.75) is 37.6 Å². The maximum atomic E-state index is 9.80. The number of ether oxygens (including phenoxy) is 1. The normalized spacial score (nSPS) is 12.6. The first-order valence-electron chi connectivity index (χ1n) is 3.54. The third kappa shape index (κ3) is 6.08. The fourth-order valence-corrected chi connectivity index (χ4v) is 1.09. The molecule has 0 saturated carbocycles. The van der Waals surface area contributed by atoms with E-state index in [-0.39, 0.29) is 5.01 Å². The molecule has 0 radical (unpaired) electrons. The fraction of sp³-hybridized carbons (Fsp3) is 0.857. The Morgan fingerprint density at radius 2 is 2.30 bits per heavy atom. The summed E-state index contributed by atoms with van der Waals surface area (Å²) in [6, 6.07) is 0. The van der Waals surface area contributed by atoms with Gasteiger partial charge >= 0.3 is 0 Å². The first kappa shape index (κ1) is 9.95. The SMILES string of the molecule is CCCCCC(Br)OC=O. The Balaban J connectivity index is 3.04. The zero-order valence-corrected chi connectivity index (χ0v) is 7.76. The van der Waals surface area contributed by atoms with E-state index < -0.39 is 0 Å². The van der Waals surface area contributed by atoms with E-state index in [2.05, 4.69) is 27.6 Å². The maximum absolute atomic E-state index is 9.80. The molecule has 1 atom stereocenters. The van der Waals surface area contributed by atoms with Gasteiger partial charge in [-0.2, -0.15) is 0 Å². The minimum Gasteiger partial charge on any atom is -0.453 e. The molecule has 2 nitrogen and oxygen atoms in total. The van der Waals surface area contributed by atoms with Crippen LogP contribution in [-0.4, -0.2) is 11.5 Å². The van der Waals surface area contributed by atoms with E-state index >= 15 is 0 Å². The first-order valence-corrected chi connectivity index (χ1v) is 4.46. The maximum Gasteiger partial charge on any atom is 0.294 e. The lowest BCUT2D eigenvalue weighted by Gasteiger charge is -2.05. The molecule has 0 spiro atoms. The van der Waals surface area contributed by atoms with Crippen molar-refractivity contribution in [1.29, 1.82) is 0 Å². The molecule has 0 aliphatic rings. The number of halogens is 1. The van der Waals surface area contributed by atoms with Crippen LogP contribution in [0, 0.1) is 0 Å². The van der Waals surface area contributed by atoms with Crippen molar-refractivity contribution in [3.05, 3.63) is 0 Å². The van der Waals surface area contributed by atoms with E-state index in [1.807, 2.05) is 0 Å². The predicted molar refractivity (Wildman–Crippen MR) is 44.0 cm³/mol. The van der Waals surface area contributed by atoms with Gasteiger partial charge in [0.15, 0.2) is 5.01 Å². The molecule has 0 bridgehead atoms. The highest BCUT2D eigenvalue weighted by molar-refractivity contribution is 9.09. The molecule has 60 valence electrons. The van der Waals surface area contributed by atoms with E-state index in [1.54, 1.807) is 0 Å². The zero-order valence-electron chi connectivity index (χ0n) is 6.18. The van der Waals surface area contributed by atoms with Crippen LogP contribution in [0.15, 0.2) is 0 Å². The molecule has 0 saturated heterocycles. The number of carbonyl (C=O) groups excluding carboxylic acids is 1. The Kier molecular flexibility index (Phi) is 7.03. The molecule has 3 heteroatoms. The summed E-state index contributed by atoms with van der Waals surface area (Å²) in [6.45, 7) is 2.62. The summed E-state index contributed by atoms with van der Waals surface area (Å²) in [6.07, 6.45) is 4.41. The molecule has 0 rings (SSSR count). The van der Waals surface area contributed by atoms with Gasteiger partial charge in [0, 0.05) is 0 Å². The Labute approximate surface area is 70.1 Å². The molecule has 0 fully saturated rings. The average molecular weight is 209 g/mol. The molecule has 0 aliphatic heterocycles. The molecule has 0 aromatic carbocycles. The number of hydrogen-bond acceptors (Lipinski definition) is 2. The molecule has 0 heterocycles. The monoisotopic (exact) mass is 208 g/mol. The smallest absolute Gasteiger partial charge is 0.294 e. The van der Waals surface area contributed by atoms with E-state index in [0.29, 0.717) is 6.47 Å². The van der Waals surface area contributed by atoms with Crippen molar-refractivity contribution in [3.8, 4) is 0 Å². The number of carbonyl (C=O) groups is 1. The minimum absolute atomic E-state index is 0.0865. The standard InChI is InChI=1S/C7H13BrO2/c1-2-3-4-5-7(8)10-6-9/h6-7H,2-5H2,1H3. The quantitative estimate of drug-likeness (QED) is 0.381. The fourth-order valence-electron chi connectivity index (χ4n) is 0.683. The minimum atomic E-state index is -0.0865. The zero-order chi connectivity index (χ0) is 7.82. The van der Waals surface area contributed by atoms with Crippen molar-refractivity contribution in [3.63, 3.8) is 0 Å². The molecule has 0 N–H and O–H groups in total. The van der Waals surface area contributed by atoms with Gasteiger partial charge in [-0.1, -0.05) is 19.8 Å². The van der Waals surface area contributed by atoms with Gasteiger partial charge in [-0.05, 0) is 28.8 Å². The summed E-state index contributed by atoms with van der Waals surface area (Å²) in [5, 5.41) is -0.0865. The molecular weight excluding hydrogens is 196 g/mol. The van der Waals surface area contributed by atoms with E-state index in [9.17, 15) is 4.79 Å². The van der Waals surface area contributed by atoms with Crippen molar-refractivity contribution in [2.75, 3.05) is 0 Å². The third-order valence-corrected chi connectivity index (χ3v) is 1.91. The number of unbranched alkanes of at least 4 members (excludes halogenated alkanes) is 2. The number of hydrogen-bond donors (Lipinski definition) is 0. The van der Waals surface area contributed by atoms with Crippen molar-refractivity contribution >= 4 is 22.4 Å². The van der Waals surface area contributed by atoms with Crippen LogP contribution in [0.2, 0.25) is 0 Å². The first-order chi connectivity index (χ1) is 4.81. The van der Waals surface area contributed by atoms with Crippen LogP contribution in [0.3, 0.4) is 0 Å². The van der Waals surface area contributed by atoms with Gasteiger partial charge in [-0.15, -0.1) is 0 Å². The molecule has 10 heavy (non-hydrogen) atoms. The summed E-state index contributed by atoms with van der Waals surface area (Å²) in [5.74, 6) is 0. The summed E-state index contributed by atoms with van der Waals surface area (Å²) in [7, 11) is 0. The topological polar surface area (TPSA) is 26.3 Å². The third-order valence-electron chi connectivity index (χ3n) is 1.24. The largest absolute Gasteiger partial charge is 0.453 e. The molecule has 0 aromatic heterocycles. The van der Waals surface area contributed by atoms with Gasteiger partial charge in [-0.25, -0.2) is 0 Å². The molecule has 0 aliphatic carbocycles. The second-order valence-corrected chi connectivity index (χ2v) is 3.16. The second-order valence-electron chi connectivity index (χ2n) is 2.14. The van der Waals surface area contributed by atoms with Gasteiger partial charge in [0.2, 0.25) is 0 Å². The highest BCUT2D eigenvalue weighted by atomic mass is 79.9. The van der Waals surface area contributed by atoms with E-state index in [1.165, 1.54) is 12.8 Å². The van der Waals surface area contributed by atoms with Crippen molar-refractivity contribution < 1.29 is 9.53 Å². The van der Waals surface area contributed by atoms with Gasteiger partial charge in [0.1, 0.15) is 0 Å². The van der Waals surface area contributed by atoms with Crippen LogP contribution in [-0.2, 0) is 9.53 Å². The molecule has 0 amide bonds. The lowest BCUT2D eigenvalue weighted by atomic mass is 10.2. The Morgan fingerprint density at radius 3 is 2.80 bits per heavy atom. The lowest BCUT2D eigenvalue weighted by Crippen LogP contribution is -2.01. The van der Waals surface area contributed by atoms with E-state index in [4.69, 9.17) is 0 Å². The summed E-state index contributed by atoms with van der Waals surface area (Å²) in [4.78, 5) is 9.80. The van der Waals surface area contributed by atoms with E-state index in [0.717, 1.165) is 12.8 Å². The van der Waals surface area contributed by atoms with Gasteiger partial charge in [-0.3, -0.25) is 4.79 Å². The average Bonchev–Trinajstić information content (AvgIpc) is 1.89. The van der Waals surface area contributed by atoms with Gasteiger partial charge in [0.25, 0.3) is 6.47 Å². The highest BCUT2D eigenvalue weighted by Gasteiger charge is 2.00. The Hall–Kier alpha value is -0.0500. The molecular formula is C7H13BrO2. The Bertz CT molecular complexity index is 85.7. The van der Waals surface area contributed by atoms with Crippen LogP contribution in [0.1, 0.15) is 32.6 Å². The van der Waals surface area contributed by atoms with Crippen LogP contribution in [0.4, 0.5) is 0 Å². The number of alkyl halides is 1. The summed E-state index contributed by atoms with van der Waals surface area (Å²) < 4.78 is 4.62. The van der Waals surface area contributed by atoms with Gasteiger partial charge < -0.3 is 4.74 Å². The lowest BCUT2D eigenvalue weighted by molar-refractivity contribution is -0.129. The molecule has 1 unspecified atom stereocenters. The molecule has 0 aromatic rings. The van der Waals surface area contributed by atoms with Crippen molar-refractivity contribution in [1.82, 2.24) is 0 Å². The Morgan fingerprint density at radius 1 is 1.60 bits per heavy atom. The van der Waals surface area contributed by atoms with Crippen molar-refractivity contribution in [2.24, 2.45) is 0 Å². The number of rotatable bonds is 6. The predicted octanol–water partition coefficient (Wildman–Crippen LogP) is 2.46. The van der Waals surface area contributed by atoms with Crippen LogP contribution >= 0.6 is 15.9 Å². The van der Waals surface area contributed by atoms with Gasteiger partial charge in [0.05, 0.1) is 0 Å². The van der Waals surface area contributed by atoms with Crippen LogP contribution in [0.5, 0.6) is 0 Å². The van der Waals surface area contributed by atoms with Crippen LogP contribution < -0.4 is 0 Å². The highest BCUT2D eigenvalue weighted by Crippen LogP contribution is 2.10. The summed E-state index contributed by atoms with van der Waals surface area (Å²) in [5.41, 5.74) is 0. The second kappa shape index (κ2) is 7.06. The summed E-state index contributed by atoms with van der Waals surface area (Å²) >= 11 is 3.21.